The molecule has 2 rings (SSSR count). The zero-order valence-corrected chi connectivity index (χ0v) is 11.7. The summed E-state index contributed by atoms with van der Waals surface area (Å²) in [6, 6.07) is 3.16. The summed E-state index contributed by atoms with van der Waals surface area (Å²) in [5.41, 5.74) is 0.566. The van der Waals surface area contributed by atoms with Crippen molar-refractivity contribution in [2.45, 2.75) is 44.2 Å². The Kier molecular flexibility index (Phi) is 4.72. The van der Waals surface area contributed by atoms with Gasteiger partial charge in [0.1, 0.15) is 6.04 Å². The van der Waals surface area contributed by atoms with Crippen LogP contribution in [0.1, 0.15) is 43.8 Å². The van der Waals surface area contributed by atoms with Crippen molar-refractivity contribution in [2.75, 3.05) is 0 Å². The van der Waals surface area contributed by atoms with Crippen LogP contribution in [0, 0.1) is 0 Å². The number of carbonyl (C=O) groups is 1. The lowest BCUT2D eigenvalue weighted by Crippen LogP contribution is -2.38. The maximum absolute atomic E-state index is 11.3. The van der Waals surface area contributed by atoms with Gasteiger partial charge in [0.2, 0.25) is 0 Å². The van der Waals surface area contributed by atoms with Crippen LogP contribution >= 0.6 is 15.9 Å². The summed E-state index contributed by atoms with van der Waals surface area (Å²) in [5.74, 6) is -0.865. The molecule has 5 heteroatoms. The molecule has 1 unspecified atom stereocenters. The molecule has 1 atom stereocenters. The summed E-state index contributed by atoms with van der Waals surface area (Å²) in [5, 5.41) is 12.5. The number of nitrogens with one attached hydrogen (secondary N) is 1. The van der Waals surface area contributed by atoms with Crippen molar-refractivity contribution >= 4 is 21.9 Å². The molecule has 0 bridgehead atoms. The predicted molar refractivity (Wildman–Crippen MR) is 72.3 cm³/mol. The topological polar surface area (TPSA) is 62.2 Å². The van der Waals surface area contributed by atoms with Gasteiger partial charge in [0, 0.05) is 16.7 Å². The first-order valence-electron chi connectivity index (χ1n) is 6.27. The molecule has 18 heavy (non-hydrogen) atoms. The lowest BCUT2D eigenvalue weighted by atomic mass is 9.94. The number of pyridine rings is 1. The van der Waals surface area contributed by atoms with Crippen LogP contribution in [0.2, 0.25) is 0 Å². The van der Waals surface area contributed by atoms with Crippen LogP contribution in [-0.2, 0) is 4.79 Å². The van der Waals surface area contributed by atoms with Crippen molar-refractivity contribution < 1.29 is 9.90 Å². The number of aromatic nitrogens is 1. The van der Waals surface area contributed by atoms with E-state index in [-0.39, 0.29) is 0 Å². The van der Waals surface area contributed by atoms with E-state index < -0.39 is 12.0 Å². The Hall–Kier alpha value is -0.940. The largest absolute Gasteiger partial charge is 0.480 e. The van der Waals surface area contributed by atoms with Gasteiger partial charge >= 0.3 is 5.97 Å². The van der Waals surface area contributed by atoms with Crippen molar-refractivity contribution in [1.29, 1.82) is 0 Å². The van der Waals surface area contributed by atoms with Crippen LogP contribution in [0.3, 0.4) is 0 Å². The van der Waals surface area contributed by atoms with Gasteiger partial charge in [-0.25, -0.2) is 0 Å². The Morgan fingerprint density at radius 1 is 1.39 bits per heavy atom. The molecule has 0 radical (unpaired) electrons. The fourth-order valence-corrected chi connectivity index (χ4v) is 2.58. The Morgan fingerprint density at radius 2 is 2.11 bits per heavy atom. The van der Waals surface area contributed by atoms with E-state index in [1.165, 1.54) is 19.3 Å². The van der Waals surface area contributed by atoms with Gasteiger partial charge in [-0.05, 0) is 40.9 Å². The van der Waals surface area contributed by atoms with Crippen LogP contribution in [-0.4, -0.2) is 22.1 Å². The zero-order chi connectivity index (χ0) is 13.0. The monoisotopic (exact) mass is 312 g/mol. The Bertz CT molecular complexity index is 402. The van der Waals surface area contributed by atoms with E-state index in [2.05, 4.69) is 26.2 Å². The summed E-state index contributed by atoms with van der Waals surface area (Å²) >= 11 is 3.30. The molecule has 1 heterocycles. The molecule has 2 N–H and O–H groups in total. The minimum atomic E-state index is -0.865. The van der Waals surface area contributed by atoms with E-state index in [1.54, 1.807) is 12.3 Å². The molecule has 1 saturated carbocycles. The molecule has 1 aromatic heterocycles. The van der Waals surface area contributed by atoms with Crippen LogP contribution in [0.15, 0.2) is 22.8 Å². The molecule has 0 amide bonds. The number of halogens is 1. The van der Waals surface area contributed by atoms with Crippen LogP contribution in [0.5, 0.6) is 0 Å². The minimum absolute atomic E-state index is 0.297. The van der Waals surface area contributed by atoms with Crippen LogP contribution in [0.25, 0.3) is 0 Å². The smallest absolute Gasteiger partial charge is 0.326 e. The minimum Gasteiger partial charge on any atom is -0.480 e. The summed E-state index contributed by atoms with van der Waals surface area (Å²) in [6.07, 6.45) is 7.36. The average molecular weight is 313 g/mol. The standard InChI is InChI=1S/C13H17BrN2O2/c14-9-6-7-11(15-8-9)12(13(17)18)16-10-4-2-1-3-5-10/h6-8,10,12,16H,1-5H2,(H,17,18). The lowest BCUT2D eigenvalue weighted by Gasteiger charge is -2.26. The number of rotatable bonds is 4. The predicted octanol–water partition coefficient (Wildman–Crippen LogP) is 2.89. The number of carboxylic acids is 1. The highest BCUT2D eigenvalue weighted by molar-refractivity contribution is 9.10. The Labute approximate surface area is 115 Å². The third-order valence-electron chi connectivity index (χ3n) is 3.30. The first kappa shape index (κ1) is 13.5. The highest BCUT2D eigenvalue weighted by atomic mass is 79.9. The second-order valence-electron chi connectivity index (χ2n) is 4.67. The average Bonchev–Trinajstić information content (AvgIpc) is 2.38. The summed E-state index contributed by atoms with van der Waals surface area (Å²) < 4.78 is 0.855. The molecule has 4 nitrogen and oxygen atoms in total. The molecule has 1 aliphatic rings. The number of nitrogens with zero attached hydrogens (tertiary/aromatic N) is 1. The number of hydrogen-bond acceptors (Lipinski definition) is 3. The van der Waals surface area contributed by atoms with Crippen molar-refractivity contribution in [1.82, 2.24) is 10.3 Å². The molecular weight excluding hydrogens is 296 g/mol. The van der Waals surface area contributed by atoms with Gasteiger partial charge in [0.25, 0.3) is 0 Å². The zero-order valence-electron chi connectivity index (χ0n) is 10.1. The van der Waals surface area contributed by atoms with Gasteiger partial charge in [-0.3, -0.25) is 15.1 Å². The third kappa shape index (κ3) is 3.53. The van der Waals surface area contributed by atoms with E-state index >= 15 is 0 Å². The molecule has 0 spiro atoms. The Morgan fingerprint density at radius 3 is 2.67 bits per heavy atom. The molecule has 1 aromatic rings. The molecule has 0 aromatic carbocycles. The summed E-state index contributed by atoms with van der Waals surface area (Å²) in [7, 11) is 0. The first-order chi connectivity index (χ1) is 8.66. The molecule has 98 valence electrons. The first-order valence-corrected chi connectivity index (χ1v) is 7.06. The van der Waals surface area contributed by atoms with Crippen LogP contribution < -0.4 is 5.32 Å². The second kappa shape index (κ2) is 6.29. The van der Waals surface area contributed by atoms with Crippen molar-refractivity contribution in [3.63, 3.8) is 0 Å². The van der Waals surface area contributed by atoms with Gasteiger partial charge in [-0.15, -0.1) is 0 Å². The molecule has 0 aliphatic heterocycles. The maximum Gasteiger partial charge on any atom is 0.326 e. The molecular formula is C13H17BrN2O2. The SMILES string of the molecule is O=C(O)C(NC1CCCCC1)c1ccc(Br)cn1. The van der Waals surface area contributed by atoms with Gasteiger partial charge in [0.15, 0.2) is 0 Å². The normalized spacial score (nSPS) is 18.5. The van der Waals surface area contributed by atoms with E-state index in [4.69, 9.17) is 0 Å². The van der Waals surface area contributed by atoms with Crippen molar-refractivity contribution in [3.05, 3.63) is 28.5 Å². The fourth-order valence-electron chi connectivity index (χ4n) is 2.35. The van der Waals surface area contributed by atoms with Crippen molar-refractivity contribution in [2.24, 2.45) is 0 Å². The van der Waals surface area contributed by atoms with E-state index in [0.717, 1.165) is 17.3 Å². The van der Waals surface area contributed by atoms with Crippen molar-refractivity contribution in [3.8, 4) is 0 Å². The second-order valence-corrected chi connectivity index (χ2v) is 5.59. The van der Waals surface area contributed by atoms with Gasteiger partial charge in [-0.1, -0.05) is 19.3 Å². The third-order valence-corrected chi connectivity index (χ3v) is 3.77. The lowest BCUT2D eigenvalue weighted by molar-refractivity contribution is -0.140. The molecule has 1 fully saturated rings. The number of aliphatic carboxylic acids is 1. The molecule has 0 saturated heterocycles. The summed E-state index contributed by atoms with van der Waals surface area (Å²) in [6.45, 7) is 0. The quantitative estimate of drug-likeness (QED) is 0.897. The van der Waals surface area contributed by atoms with Gasteiger partial charge in [-0.2, -0.15) is 0 Å². The van der Waals surface area contributed by atoms with E-state index in [9.17, 15) is 9.90 Å². The van der Waals surface area contributed by atoms with Crippen LogP contribution in [0.4, 0.5) is 0 Å². The highest BCUT2D eigenvalue weighted by Gasteiger charge is 2.25. The maximum atomic E-state index is 11.3. The van der Waals surface area contributed by atoms with E-state index in [0.29, 0.717) is 11.7 Å². The highest BCUT2D eigenvalue weighted by Crippen LogP contribution is 2.21. The Balaban J connectivity index is 2.07. The van der Waals surface area contributed by atoms with E-state index in [1.807, 2.05) is 6.07 Å². The number of hydrogen-bond donors (Lipinski definition) is 2. The van der Waals surface area contributed by atoms with Gasteiger partial charge in [0.05, 0.1) is 5.69 Å². The fraction of sp³-hybridized carbons (Fsp3) is 0.538. The number of carboxylic acid groups (broad SMARTS) is 1. The molecule has 1 aliphatic carbocycles. The summed E-state index contributed by atoms with van der Waals surface area (Å²) in [4.78, 5) is 15.5. The van der Waals surface area contributed by atoms with Gasteiger partial charge < -0.3 is 5.11 Å².